The second-order valence-electron chi connectivity index (χ2n) is 1.38. The van der Waals surface area contributed by atoms with E-state index in [1.807, 2.05) is 22.9 Å². The Kier molecular flexibility index (Phi) is 3.76. The van der Waals surface area contributed by atoms with Crippen LogP contribution >= 0.6 is 22.9 Å². The molecule has 0 saturated heterocycles. The fourth-order valence-electron chi connectivity index (χ4n) is 0.274. The number of halogens is 1. The molecular formula is C4H8IN3. The van der Waals surface area contributed by atoms with E-state index in [0.29, 0.717) is 11.7 Å². The van der Waals surface area contributed by atoms with Gasteiger partial charge in [-0.05, 0) is 13.8 Å². The molecule has 0 heterocycles. The van der Waals surface area contributed by atoms with Gasteiger partial charge in [0.1, 0.15) is 5.84 Å². The minimum absolute atomic E-state index is 0.544. The lowest BCUT2D eigenvalue weighted by Gasteiger charge is -1.86. The Hall–Kier alpha value is -0.130. The zero-order chi connectivity index (χ0) is 6.57. The molecular weight excluding hydrogens is 217 g/mol. The molecule has 2 N–H and O–H groups in total. The Morgan fingerprint density at radius 1 is 1.50 bits per heavy atom. The Balaban J connectivity index is 3.89. The van der Waals surface area contributed by atoms with Gasteiger partial charge in [-0.15, -0.1) is 0 Å². The van der Waals surface area contributed by atoms with Crippen LogP contribution in [0.1, 0.15) is 13.8 Å². The second kappa shape index (κ2) is 3.82. The van der Waals surface area contributed by atoms with Gasteiger partial charge in [0.2, 0.25) is 0 Å². The monoisotopic (exact) mass is 225 g/mol. The van der Waals surface area contributed by atoms with Crippen molar-refractivity contribution < 1.29 is 0 Å². The van der Waals surface area contributed by atoms with E-state index in [1.54, 1.807) is 13.8 Å². The molecule has 0 aliphatic rings. The Morgan fingerprint density at radius 3 is 2.12 bits per heavy atom. The lowest BCUT2D eigenvalue weighted by Crippen LogP contribution is -2.06. The smallest absolute Gasteiger partial charge is 0.133 e. The van der Waals surface area contributed by atoms with Gasteiger partial charge in [-0.3, -0.25) is 0 Å². The maximum atomic E-state index is 5.23. The van der Waals surface area contributed by atoms with E-state index in [1.165, 1.54) is 0 Å². The molecule has 3 nitrogen and oxygen atoms in total. The normalized spacial score (nSPS) is 14.4. The van der Waals surface area contributed by atoms with Crippen molar-refractivity contribution in [3.05, 3.63) is 0 Å². The first-order chi connectivity index (χ1) is 3.66. The van der Waals surface area contributed by atoms with Crippen molar-refractivity contribution in [3.8, 4) is 0 Å². The van der Waals surface area contributed by atoms with Crippen LogP contribution in [0.3, 0.4) is 0 Å². The summed E-state index contributed by atoms with van der Waals surface area (Å²) in [6, 6.07) is 0. The molecule has 0 spiro atoms. The summed E-state index contributed by atoms with van der Waals surface area (Å²) in [5, 5.41) is 0. The highest BCUT2D eigenvalue weighted by atomic mass is 127. The SMILES string of the molecule is CC(N)=NC(C)=NI. The number of hydrogen-bond donors (Lipinski definition) is 1. The van der Waals surface area contributed by atoms with E-state index in [-0.39, 0.29) is 0 Å². The molecule has 0 aliphatic carbocycles. The van der Waals surface area contributed by atoms with Crippen LogP contribution in [0.25, 0.3) is 0 Å². The highest BCUT2D eigenvalue weighted by Crippen LogP contribution is 1.86. The molecule has 0 rings (SSSR count). The molecule has 0 aromatic heterocycles. The van der Waals surface area contributed by atoms with Gasteiger partial charge in [0.05, 0.1) is 28.7 Å². The number of rotatable bonds is 0. The third-order valence-electron chi connectivity index (χ3n) is 0.460. The molecule has 0 bridgehead atoms. The summed E-state index contributed by atoms with van der Waals surface area (Å²) in [6.07, 6.45) is 0. The summed E-state index contributed by atoms with van der Waals surface area (Å²) >= 11 is 1.87. The predicted molar refractivity (Wildman–Crippen MR) is 44.4 cm³/mol. The Bertz CT molecular complexity index is 123. The van der Waals surface area contributed by atoms with E-state index in [0.717, 1.165) is 0 Å². The number of nitrogens with two attached hydrogens (primary N) is 1. The summed E-state index contributed by atoms with van der Waals surface area (Å²) in [4.78, 5) is 3.83. The number of nitrogens with zero attached hydrogens (tertiary/aromatic N) is 2. The van der Waals surface area contributed by atoms with Crippen LogP contribution in [-0.2, 0) is 0 Å². The summed E-state index contributed by atoms with van der Waals surface area (Å²) in [5.74, 6) is 1.24. The van der Waals surface area contributed by atoms with Crippen molar-refractivity contribution >= 4 is 34.5 Å². The van der Waals surface area contributed by atoms with Crippen molar-refractivity contribution in [2.45, 2.75) is 13.8 Å². The zero-order valence-electron chi connectivity index (χ0n) is 4.85. The van der Waals surface area contributed by atoms with E-state index in [9.17, 15) is 0 Å². The quantitative estimate of drug-likeness (QED) is 0.375. The summed E-state index contributed by atoms with van der Waals surface area (Å²) in [7, 11) is 0. The molecule has 0 fully saturated rings. The van der Waals surface area contributed by atoms with Crippen LogP contribution in [-0.4, -0.2) is 11.7 Å². The van der Waals surface area contributed by atoms with Crippen LogP contribution in [0.15, 0.2) is 8.20 Å². The lowest BCUT2D eigenvalue weighted by molar-refractivity contribution is 1.50. The molecule has 0 aromatic rings. The highest BCUT2D eigenvalue weighted by Gasteiger charge is 1.81. The average Bonchev–Trinajstić information content (AvgIpc) is 1.65. The molecule has 0 aliphatic heterocycles. The standard InChI is InChI=1S/C4H8IN3/c1-3(6)7-4(2)8-5/h1-2H3,(H2,6,7,8). The molecule has 0 aromatic carbocycles. The van der Waals surface area contributed by atoms with Crippen LogP contribution in [0.2, 0.25) is 0 Å². The highest BCUT2D eigenvalue weighted by molar-refractivity contribution is 14.1. The molecule has 0 amide bonds. The lowest BCUT2D eigenvalue weighted by atomic mass is 10.6. The van der Waals surface area contributed by atoms with Gasteiger partial charge in [0, 0.05) is 0 Å². The van der Waals surface area contributed by atoms with Crippen molar-refractivity contribution in [2.24, 2.45) is 13.9 Å². The molecule has 0 atom stereocenters. The zero-order valence-corrected chi connectivity index (χ0v) is 7.01. The maximum Gasteiger partial charge on any atom is 0.133 e. The largest absolute Gasteiger partial charge is 0.387 e. The fourth-order valence-corrected chi connectivity index (χ4v) is 0.382. The van der Waals surface area contributed by atoms with Crippen LogP contribution in [0.4, 0.5) is 0 Å². The first-order valence-electron chi connectivity index (χ1n) is 2.13. The van der Waals surface area contributed by atoms with Gasteiger partial charge < -0.3 is 5.73 Å². The number of hydrogen-bond acceptors (Lipinski definition) is 1. The third-order valence-corrected chi connectivity index (χ3v) is 1.16. The molecule has 46 valence electrons. The maximum absolute atomic E-state index is 5.23. The van der Waals surface area contributed by atoms with Crippen molar-refractivity contribution in [1.82, 2.24) is 0 Å². The topological polar surface area (TPSA) is 50.7 Å². The van der Waals surface area contributed by atoms with Gasteiger partial charge in [-0.25, -0.2) is 8.20 Å². The molecule has 0 unspecified atom stereocenters. The van der Waals surface area contributed by atoms with Crippen molar-refractivity contribution in [1.29, 1.82) is 0 Å². The molecule has 8 heavy (non-hydrogen) atoms. The van der Waals surface area contributed by atoms with Crippen LogP contribution in [0.5, 0.6) is 0 Å². The second-order valence-corrected chi connectivity index (χ2v) is 1.87. The molecule has 4 heteroatoms. The van der Waals surface area contributed by atoms with E-state index < -0.39 is 0 Å². The first-order valence-corrected chi connectivity index (χ1v) is 3.09. The summed E-state index contributed by atoms with van der Waals surface area (Å²) in [6.45, 7) is 3.52. The number of amidine groups is 2. The van der Waals surface area contributed by atoms with Crippen LogP contribution < -0.4 is 5.73 Å². The van der Waals surface area contributed by atoms with Gasteiger partial charge in [-0.1, -0.05) is 0 Å². The van der Waals surface area contributed by atoms with Crippen molar-refractivity contribution in [3.63, 3.8) is 0 Å². The summed E-state index contributed by atoms with van der Waals surface area (Å²) < 4.78 is 3.75. The van der Waals surface area contributed by atoms with Gasteiger partial charge in [0.15, 0.2) is 0 Å². The molecule has 0 saturated carbocycles. The number of aliphatic imine (C=N–C) groups is 1. The van der Waals surface area contributed by atoms with Gasteiger partial charge in [0.25, 0.3) is 0 Å². The first kappa shape index (κ1) is 7.87. The Morgan fingerprint density at radius 2 is 2.00 bits per heavy atom. The fraction of sp³-hybridized carbons (Fsp3) is 0.500. The molecule has 0 radical (unpaired) electrons. The predicted octanol–water partition coefficient (Wildman–Crippen LogP) is 1.13. The Labute approximate surface area is 62.6 Å². The van der Waals surface area contributed by atoms with Gasteiger partial charge >= 0.3 is 0 Å². The summed E-state index contributed by atoms with van der Waals surface area (Å²) in [5.41, 5.74) is 5.23. The van der Waals surface area contributed by atoms with E-state index in [2.05, 4.69) is 8.20 Å². The minimum Gasteiger partial charge on any atom is -0.387 e. The average molecular weight is 225 g/mol. The van der Waals surface area contributed by atoms with E-state index in [4.69, 9.17) is 5.73 Å². The van der Waals surface area contributed by atoms with Gasteiger partial charge in [-0.2, -0.15) is 0 Å². The van der Waals surface area contributed by atoms with Crippen LogP contribution in [0, 0.1) is 0 Å². The minimum atomic E-state index is 0.544. The third kappa shape index (κ3) is 4.04. The van der Waals surface area contributed by atoms with Crippen molar-refractivity contribution in [2.75, 3.05) is 0 Å². The van der Waals surface area contributed by atoms with E-state index >= 15 is 0 Å².